The van der Waals surface area contributed by atoms with Crippen molar-refractivity contribution in [1.29, 1.82) is 0 Å². The number of carbonyl (C=O) groups is 2. The second kappa shape index (κ2) is 9.30. The number of anilines is 1. The van der Waals surface area contributed by atoms with Gasteiger partial charge in [-0.25, -0.2) is 4.79 Å². The van der Waals surface area contributed by atoms with Crippen LogP contribution in [0.5, 0.6) is 0 Å². The largest absolute Gasteiger partial charge is 0.481 e. The van der Waals surface area contributed by atoms with Gasteiger partial charge in [-0.05, 0) is 61.1 Å². The number of carboxylic acids is 1. The Bertz CT molecular complexity index is 1390. The van der Waals surface area contributed by atoms with Crippen LogP contribution in [0.15, 0.2) is 78.9 Å². The topological polar surface area (TPSA) is 106 Å². The van der Waals surface area contributed by atoms with E-state index < -0.39 is 23.6 Å². The lowest BCUT2D eigenvalue weighted by Gasteiger charge is -2.14. The Hall–Kier alpha value is -4.46. The minimum atomic E-state index is -0.759. The summed E-state index contributed by atoms with van der Waals surface area (Å²) in [5.74, 6) is 0.0114. The molecule has 2 N–H and O–H groups in total. The number of nitrogens with one attached hydrogen (secondary N) is 1. The van der Waals surface area contributed by atoms with Crippen LogP contribution < -0.4 is 5.32 Å². The van der Waals surface area contributed by atoms with Crippen LogP contribution in [0.4, 0.5) is 10.7 Å². The summed E-state index contributed by atoms with van der Waals surface area (Å²) in [6.45, 7) is 3.56. The fourth-order valence-electron chi connectivity index (χ4n) is 4.28. The quantitative estimate of drug-likeness (QED) is 0.352. The third-order valence-electron chi connectivity index (χ3n) is 6.52. The number of aryl methyl sites for hydroxylation is 1. The number of hydrogen-bond donors (Lipinski definition) is 2. The molecule has 1 atom stereocenters. The molecule has 1 aliphatic carbocycles. The number of nitrogens with zero attached hydrogens (tertiary/aromatic N) is 3. The van der Waals surface area contributed by atoms with Gasteiger partial charge in [-0.1, -0.05) is 66.7 Å². The molecular formula is C28H26N4O4. The van der Waals surface area contributed by atoms with Crippen molar-refractivity contribution in [3.8, 4) is 16.8 Å². The number of carboxylic acid groups (broad SMARTS) is 1. The van der Waals surface area contributed by atoms with Gasteiger partial charge in [0.2, 0.25) is 5.95 Å². The molecule has 5 rings (SSSR count). The van der Waals surface area contributed by atoms with Crippen molar-refractivity contribution in [2.45, 2.75) is 38.2 Å². The highest BCUT2D eigenvalue weighted by atomic mass is 16.6. The van der Waals surface area contributed by atoms with Crippen molar-refractivity contribution in [2.75, 3.05) is 5.32 Å². The molecule has 1 aromatic heterocycles. The Morgan fingerprint density at radius 2 is 1.58 bits per heavy atom. The molecule has 1 heterocycles. The minimum absolute atomic E-state index is 0.262. The second-order valence-electron chi connectivity index (χ2n) is 8.99. The Morgan fingerprint density at radius 1 is 0.972 bits per heavy atom. The maximum absolute atomic E-state index is 12.5. The van der Waals surface area contributed by atoms with Gasteiger partial charge in [0.25, 0.3) is 0 Å². The second-order valence-corrected chi connectivity index (χ2v) is 8.99. The van der Waals surface area contributed by atoms with Gasteiger partial charge in [-0.2, -0.15) is 9.67 Å². The van der Waals surface area contributed by atoms with E-state index in [2.05, 4.69) is 15.4 Å². The number of aromatic nitrogens is 3. The van der Waals surface area contributed by atoms with E-state index in [4.69, 9.17) is 4.74 Å². The van der Waals surface area contributed by atoms with Crippen LogP contribution >= 0.6 is 0 Å². The lowest BCUT2D eigenvalue weighted by atomic mass is 9.94. The Labute approximate surface area is 208 Å². The van der Waals surface area contributed by atoms with Crippen molar-refractivity contribution in [3.05, 3.63) is 95.8 Å². The molecule has 0 aliphatic heterocycles. The van der Waals surface area contributed by atoms with Crippen LogP contribution in [0, 0.1) is 6.92 Å². The maximum Gasteiger partial charge on any atom is 0.414 e. The van der Waals surface area contributed by atoms with Crippen LogP contribution in [-0.4, -0.2) is 31.9 Å². The van der Waals surface area contributed by atoms with Crippen LogP contribution in [0.25, 0.3) is 16.8 Å². The van der Waals surface area contributed by atoms with Gasteiger partial charge in [-0.15, -0.1) is 5.10 Å². The summed E-state index contributed by atoms with van der Waals surface area (Å²) >= 11 is 0. The molecule has 0 radical (unpaired) electrons. The first-order chi connectivity index (χ1) is 17.4. The van der Waals surface area contributed by atoms with Gasteiger partial charge < -0.3 is 9.84 Å². The van der Waals surface area contributed by atoms with Gasteiger partial charge in [0.1, 0.15) is 11.9 Å². The van der Waals surface area contributed by atoms with Crippen LogP contribution in [0.3, 0.4) is 0 Å². The van der Waals surface area contributed by atoms with E-state index in [0.717, 1.165) is 27.9 Å². The predicted octanol–water partition coefficient (Wildman–Crippen LogP) is 5.67. The molecule has 1 unspecified atom stereocenters. The molecule has 0 bridgehead atoms. The van der Waals surface area contributed by atoms with Crippen molar-refractivity contribution in [3.63, 3.8) is 0 Å². The molecule has 0 saturated heterocycles. The number of benzene rings is 3. The highest BCUT2D eigenvalue weighted by Crippen LogP contribution is 2.48. The van der Waals surface area contributed by atoms with Crippen molar-refractivity contribution in [2.24, 2.45) is 0 Å². The van der Waals surface area contributed by atoms with Crippen molar-refractivity contribution >= 4 is 18.0 Å². The molecule has 182 valence electrons. The number of carbonyl (C=O) groups excluding carboxylic acids is 1. The molecule has 1 aliphatic rings. The van der Waals surface area contributed by atoms with Gasteiger partial charge in [-0.3, -0.25) is 10.1 Å². The SMILES string of the molecule is Cc1nc(NC(=O)OC(C)c2ccccc2)n(-c2ccc(-c3ccc(C4(C(=O)O)CC4)cc3)cc2)n1. The van der Waals surface area contributed by atoms with Gasteiger partial charge in [0.05, 0.1) is 11.1 Å². The first kappa shape index (κ1) is 23.3. The number of ether oxygens (including phenoxy) is 1. The van der Waals surface area contributed by atoms with E-state index in [0.29, 0.717) is 18.7 Å². The summed E-state index contributed by atoms with van der Waals surface area (Å²) in [5, 5.41) is 16.6. The molecule has 3 aromatic carbocycles. The van der Waals surface area contributed by atoms with Crippen LogP contribution in [0.1, 0.15) is 42.8 Å². The highest BCUT2D eigenvalue weighted by Gasteiger charge is 2.51. The Morgan fingerprint density at radius 3 is 2.17 bits per heavy atom. The third kappa shape index (κ3) is 4.57. The minimum Gasteiger partial charge on any atom is -0.481 e. The average Bonchev–Trinajstić information content (AvgIpc) is 3.63. The summed E-state index contributed by atoms with van der Waals surface area (Å²) in [6, 6.07) is 24.9. The monoisotopic (exact) mass is 482 g/mol. The summed E-state index contributed by atoms with van der Waals surface area (Å²) in [6.07, 6.45) is 0.331. The first-order valence-corrected chi connectivity index (χ1v) is 11.8. The highest BCUT2D eigenvalue weighted by molar-refractivity contribution is 5.85. The number of rotatable bonds is 7. The molecule has 8 heteroatoms. The molecule has 36 heavy (non-hydrogen) atoms. The van der Waals surface area contributed by atoms with Crippen molar-refractivity contribution < 1.29 is 19.4 Å². The molecule has 4 aromatic rings. The van der Waals surface area contributed by atoms with E-state index in [-0.39, 0.29) is 5.95 Å². The summed E-state index contributed by atoms with van der Waals surface area (Å²) in [5.41, 5.74) is 3.72. The average molecular weight is 483 g/mol. The zero-order valence-corrected chi connectivity index (χ0v) is 20.0. The number of amides is 1. The molecule has 1 amide bonds. The molecule has 1 fully saturated rings. The van der Waals surface area contributed by atoms with Crippen LogP contribution in [0.2, 0.25) is 0 Å². The third-order valence-corrected chi connectivity index (χ3v) is 6.52. The molecule has 1 saturated carbocycles. The lowest BCUT2D eigenvalue weighted by molar-refractivity contribution is -0.140. The summed E-state index contributed by atoms with van der Waals surface area (Å²) < 4.78 is 7.06. The maximum atomic E-state index is 12.5. The zero-order valence-electron chi connectivity index (χ0n) is 20.0. The smallest absolute Gasteiger partial charge is 0.414 e. The number of aliphatic carboxylic acids is 1. The fourth-order valence-corrected chi connectivity index (χ4v) is 4.28. The zero-order chi connectivity index (χ0) is 25.3. The lowest BCUT2D eigenvalue weighted by Crippen LogP contribution is -2.19. The molecule has 8 nitrogen and oxygen atoms in total. The van der Waals surface area contributed by atoms with Crippen LogP contribution in [-0.2, 0) is 14.9 Å². The Kier molecular flexibility index (Phi) is 6.01. The van der Waals surface area contributed by atoms with E-state index in [1.807, 2.05) is 85.8 Å². The molecule has 0 spiro atoms. The first-order valence-electron chi connectivity index (χ1n) is 11.8. The van der Waals surface area contributed by atoms with Crippen molar-refractivity contribution in [1.82, 2.24) is 14.8 Å². The number of hydrogen-bond acceptors (Lipinski definition) is 5. The van der Waals surface area contributed by atoms with E-state index in [1.54, 1.807) is 11.6 Å². The van der Waals surface area contributed by atoms with Gasteiger partial charge in [0.15, 0.2) is 0 Å². The Balaban J connectivity index is 1.30. The van der Waals surface area contributed by atoms with E-state index in [9.17, 15) is 14.7 Å². The summed E-state index contributed by atoms with van der Waals surface area (Å²) in [7, 11) is 0. The fraction of sp³-hybridized carbons (Fsp3) is 0.214. The summed E-state index contributed by atoms with van der Waals surface area (Å²) in [4.78, 5) is 28.4. The van der Waals surface area contributed by atoms with E-state index in [1.165, 1.54) is 0 Å². The van der Waals surface area contributed by atoms with E-state index >= 15 is 0 Å². The van der Waals surface area contributed by atoms with Gasteiger partial charge in [0, 0.05) is 0 Å². The molecular weight excluding hydrogens is 456 g/mol. The normalized spacial score (nSPS) is 14.6. The van der Waals surface area contributed by atoms with Gasteiger partial charge >= 0.3 is 12.1 Å². The predicted molar refractivity (Wildman–Crippen MR) is 135 cm³/mol. The standard InChI is InChI=1S/C28H26N4O4/c1-18(20-6-4-3-5-7-20)36-27(35)30-26-29-19(2)31-32(26)24-14-10-22(11-15-24)21-8-12-23(13-9-21)28(16-17-28)25(33)34/h3-15,18H,16-17H2,1-2H3,(H,33,34)(H,29,30,31,35).